The van der Waals surface area contributed by atoms with E-state index in [1.165, 1.54) is 13.0 Å². The molecule has 1 unspecified atom stereocenters. The fourth-order valence-corrected chi connectivity index (χ4v) is 5.27. The highest BCUT2D eigenvalue weighted by Crippen LogP contribution is 2.31. The van der Waals surface area contributed by atoms with E-state index in [1.54, 1.807) is 0 Å². The Hall–Kier alpha value is -3.04. The molecule has 1 N–H and O–H groups in total. The summed E-state index contributed by atoms with van der Waals surface area (Å²) in [5, 5.41) is 18.0. The molecule has 9 heteroatoms. The van der Waals surface area contributed by atoms with E-state index in [9.17, 15) is 0 Å². The molecule has 2 aliphatic heterocycles. The minimum Gasteiger partial charge on any atom is -0.381 e. The van der Waals surface area contributed by atoms with E-state index in [1.807, 2.05) is 23.9 Å². The van der Waals surface area contributed by atoms with Crippen LogP contribution in [0.4, 0.5) is 0 Å². The number of nitrogens with zero attached hydrogens (tertiary/aromatic N) is 7. The molecule has 0 amide bonds. The van der Waals surface area contributed by atoms with Crippen molar-refractivity contribution < 1.29 is 4.74 Å². The molecule has 0 spiro atoms. The van der Waals surface area contributed by atoms with Crippen LogP contribution in [-0.4, -0.2) is 71.5 Å². The lowest BCUT2D eigenvalue weighted by Crippen LogP contribution is -2.56. The maximum atomic E-state index is 5.55. The van der Waals surface area contributed by atoms with Crippen molar-refractivity contribution in [2.45, 2.75) is 58.3 Å². The molecule has 172 valence electrons. The number of aromatic amines is 1. The summed E-state index contributed by atoms with van der Waals surface area (Å²) in [6.45, 7) is 8.73. The van der Waals surface area contributed by atoms with Crippen LogP contribution in [0.1, 0.15) is 31.9 Å². The van der Waals surface area contributed by atoms with Gasteiger partial charge in [-0.25, -0.2) is 4.98 Å². The molecule has 4 aromatic rings. The second kappa shape index (κ2) is 8.39. The summed E-state index contributed by atoms with van der Waals surface area (Å²) in [5.41, 5.74) is 4.05. The molecule has 0 bridgehead atoms. The second-order valence-corrected chi connectivity index (χ2v) is 9.08. The summed E-state index contributed by atoms with van der Waals surface area (Å²) < 4.78 is 9.64. The Morgan fingerprint density at radius 1 is 1.15 bits per heavy atom. The van der Waals surface area contributed by atoms with Crippen molar-refractivity contribution in [2.75, 3.05) is 19.8 Å². The van der Waals surface area contributed by atoms with Gasteiger partial charge in [0.15, 0.2) is 11.6 Å². The van der Waals surface area contributed by atoms with Crippen molar-refractivity contribution in [3.63, 3.8) is 0 Å². The first-order valence-electron chi connectivity index (χ1n) is 12.0. The fourth-order valence-electron chi connectivity index (χ4n) is 5.27. The van der Waals surface area contributed by atoms with Crippen molar-refractivity contribution in [2.24, 2.45) is 0 Å². The largest absolute Gasteiger partial charge is 0.381 e. The van der Waals surface area contributed by atoms with E-state index < -0.39 is 0 Å². The lowest BCUT2D eigenvalue weighted by atomic mass is 9.95. The minimum atomic E-state index is 0.550. The number of benzene rings is 1. The molecule has 9 nitrogen and oxygen atoms in total. The third-order valence-corrected chi connectivity index (χ3v) is 7.09. The average Bonchev–Trinajstić information content (AvgIpc) is 3.55. The Labute approximate surface area is 192 Å². The number of hydrogen-bond acceptors (Lipinski definition) is 6. The van der Waals surface area contributed by atoms with E-state index in [4.69, 9.17) is 14.8 Å². The maximum Gasteiger partial charge on any atom is 0.199 e. The minimum absolute atomic E-state index is 0.550. The van der Waals surface area contributed by atoms with Gasteiger partial charge in [-0.2, -0.15) is 15.3 Å². The smallest absolute Gasteiger partial charge is 0.199 e. The number of fused-ring (bicyclic) bond motifs is 1. The number of H-pyrrole nitrogens is 1. The number of aromatic nitrogens is 7. The molecule has 1 atom stereocenters. The first kappa shape index (κ1) is 20.6. The second-order valence-electron chi connectivity index (χ2n) is 9.08. The standard InChI is InChI=1S/C24H30N8O/c1-3-31-22(13-16(2)29-31)24-26-23(27-28-24)19-5-4-6-21-20(19)14-25-32(21)15-18-7-10-30(18)17-8-11-33-12-9-17/h4-6,13-14,17-18H,3,7-12,15H2,1-2H3,(H,26,27,28). The SMILES string of the molecule is CCn1nc(C)cc1-c1n[nH]c(-c2cccc3c2cnn3CC2CCN2C2CCOCC2)n1. The summed E-state index contributed by atoms with van der Waals surface area (Å²) in [5.74, 6) is 1.42. The van der Waals surface area contributed by atoms with Crippen molar-refractivity contribution >= 4 is 10.9 Å². The lowest BCUT2D eigenvalue weighted by molar-refractivity contribution is -0.0289. The Morgan fingerprint density at radius 3 is 2.82 bits per heavy atom. The number of nitrogens with one attached hydrogen (secondary N) is 1. The molecule has 0 radical (unpaired) electrons. The summed E-state index contributed by atoms with van der Waals surface area (Å²) in [6.07, 6.45) is 5.48. The molecule has 5 heterocycles. The molecule has 6 rings (SSSR count). The molecular weight excluding hydrogens is 416 g/mol. The molecule has 3 aromatic heterocycles. The van der Waals surface area contributed by atoms with Gasteiger partial charge in [-0.3, -0.25) is 19.4 Å². The Morgan fingerprint density at radius 2 is 2.03 bits per heavy atom. The van der Waals surface area contributed by atoms with Gasteiger partial charge in [0.05, 0.1) is 24.0 Å². The van der Waals surface area contributed by atoms with Crippen molar-refractivity contribution in [3.8, 4) is 22.9 Å². The molecule has 33 heavy (non-hydrogen) atoms. The predicted molar refractivity (Wildman–Crippen MR) is 126 cm³/mol. The van der Waals surface area contributed by atoms with E-state index in [0.717, 1.165) is 72.8 Å². The first-order chi connectivity index (χ1) is 16.2. The zero-order valence-corrected chi connectivity index (χ0v) is 19.2. The van der Waals surface area contributed by atoms with Crippen LogP contribution in [-0.2, 0) is 17.8 Å². The molecule has 2 aliphatic rings. The molecular formula is C24H30N8O. The van der Waals surface area contributed by atoms with E-state index >= 15 is 0 Å². The number of ether oxygens (including phenoxy) is 1. The normalized spacial score (nSPS) is 19.9. The number of aryl methyl sites for hydroxylation is 2. The number of likely N-dealkylation sites (tertiary alicyclic amines) is 1. The third kappa shape index (κ3) is 3.65. The van der Waals surface area contributed by atoms with Gasteiger partial charge >= 0.3 is 0 Å². The van der Waals surface area contributed by atoms with Crippen LogP contribution < -0.4 is 0 Å². The van der Waals surface area contributed by atoms with Gasteiger partial charge < -0.3 is 4.74 Å². The van der Waals surface area contributed by atoms with Gasteiger partial charge in [0.25, 0.3) is 0 Å². The van der Waals surface area contributed by atoms with E-state index in [-0.39, 0.29) is 0 Å². The average molecular weight is 447 g/mol. The quantitative estimate of drug-likeness (QED) is 0.489. The van der Waals surface area contributed by atoms with Crippen LogP contribution in [0.15, 0.2) is 30.5 Å². The zero-order chi connectivity index (χ0) is 22.4. The molecule has 2 fully saturated rings. The van der Waals surface area contributed by atoms with Crippen LogP contribution in [0.25, 0.3) is 33.8 Å². The van der Waals surface area contributed by atoms with Gasteiger partial charge in [0.2, 0.25) is 0 Å². The zero-order valence-electron chi connectivity index (χ0n) is 19.2. The van der Waals surface area contributed by atoms with Gasteiger partial charge in [0.1, 0.15) is 5.69 Å². The first-order valence-corrected chi connectivity index (χ1v) is 12.0. The van der Waals surface area contributed by atoms with Gasteiger partial charge in [0, 0.05) is 49.3 Å². The van der Waals surface area contributed by atoms with Crippen LogP contribution in [0.5, 0.6) is 0 Å². The van der Waals surface area contributed by atoms with E-state index in [2.05, 4.69) is 50.0 Å². The number of rotatable bonds is 6. The van der Waals surface area contributed by atoms with Crippen LogP contribution in [0.3, 0.4) is 0 Å². The molecule has 0 aliphatic carbocycles. The highest BCUT2D eigenvalue weighted by Gasteiger charge is 2.35. The summed E-state index contributed by atoms with van der Waals surface area (Å²) in [6, 6.07) is 9.54. The summed E-state index contributed by atoms with van der Waals surface area (Å²) in [4.78, 5) is 7.46. The predicted octanol–water partition coefficient (Wildman–Crippen LogP) is 3.27. The lowest BCUT2D eigenvalue weighted by Gasteiger charge is -2.47. The molecule has 0 saturated carbocycles. The van der Waals surface area contributed by atoms with Crippen molar-refractivity contribution in [3.05, 3.63) is 36.2 Å². The third-order valence-electron chi connectivity index (χ3n) is 7.09. The van der Waals surface area contributed by atoms with Crippen LogP contribution in [0.2, 0.25) is 0 Å². The summed E-state index contributed by atoms with van der Waals surface area (Å²) >= 11 is 0. The summed E-state index contributed by atoms with van der Waals surface area (Å²) in [7, 11) is 0. The van der Waals surface area contributed by atoms with Crippen molar-refractivity contribution in [1.82, 2.24) is 39.6 Å². The Bertz CT molecular complexity index is 1260. The topological polar surface area (TPSA) is 89.7 Å². The highest BCUT2D eigenvalue weighted by molar-refractivity contribution is 5.93. The molecule has 2 saturated heterocycles. The van der Waals surface area contributed by atoms with E-state index in [0.29, 0.717) is 17.9 Å². The van der Waals surface area contributed by atoms with Crippen LogP contribution >= 0.6 is 0 Å². The maximum absolute atomic E-state index is 5.55. The number of hydrogen-bond donors (Lipinski definition) is 1. The monoisotopic (exact) mass is 446 g/mol. The Kier molecular flexibility index (Phi) is 5.22. The highest BCUT2D eigenvalue weighted by atomic mass is 16.5. The van der Waals surface area contributed by atoms with Gasteiger partial charge in [-0.05, 0) is 45.2 Å². The van der Waals surface area contributed by atoms with Crippen LogP contribution in [0, 0.1) is 6.92 Å². The van der Waals surface area contributed by atoms with Gasteiger partial charge in [-0.1, -0.05) is 12.1 Å². The Balaban J connectivity index is 1.27. The molecule has 1 aromatic carbocycles. The fraction of sp³-hybridized carbons (Fsp3) is 0.500. The van der Waals surface area contributed by atoms with Gasteiger partial charge in [-0.15, -0.1) is 0 Å². The van der Waals surface area contributed by atoms with Crippen molar-refractivity contribution in [1.29, 1.82) is 0 Å².